The molecule has 2 aromatic rings. The van der Waals surface area contributed by atoms with Crippen molar-refractivity contribution in [3.8, 4) is 5.75 Å². The number of aliphatic imine (C=N–C) groups is 1. The maximum absolute atomic E-state index is 11.5. The molecule has 2 heterocycles. The summed E-state index contributed by atoms with van der Waals surface area (Å²) < 4.78 is 5.90. The van der Waals surface area contributed by atoms with Gasteiger partial charge in [-0.15, -0.1) is 0 Å². The molecule has 2 aliphatic rings. The molecule has 0 saturated carbocycles. The standard InChI is InChI=1S/C25H33N5O2/c1-26-25(28-18-23(30-14-5-6-15-30)19-7-3-2-4-8-19)27-13-16-32-21-10-11-22-20(17-21)9-12-24(31)29-22/h2-4,7-8,10-11,17,23H,5-6,9,12-16,18H2,1H3,(H,29,31)(H2,26,27,28). The lowest BCUT2D eigenvalue weighted by molar-refractivity contribution is -0.116. The van der Waals surface area contributed by atoms with Crippen molar-refractivity contribution in [2.75, 3.05) is 45.2 Å². The fraction of sp³-hybridized carbons (Fsp3) is 0.440. The molecule has 1 unspecified atom stereocenters. The third kappa shape index (κ3) is 5.79. The lowest BCUT2D eigenvalue weighted by Gasteiger charge is -2.29. The molecule has 0 radical (unpaired) electrons. The van der Waals surface area contributed by atoms with E-state index >= 15 is 0 Å². The highest BCUT2D eigenvalue weighted by Gasteiger charge is 2.23. The lowest BCUT2D eigenvalue weighted by Crippen LogP contribution is -2.43. The third-order valence-electron chi connectivity index (χ3n) is 6.09. The smallest absolute Gasteiger partial charge is 0.224 e. The number of anilines is 1. The van der Waals surface area contributed by atoms with Crippen molar-refractivity contribution in [2.24, 2.45) is 4.99 Å². The number of carbonyl (C=O) groups is 1. The number of benzene rings is 2. The minimum atomic E-state index is 0.0773. The predicted octanol–water partition coefficient (Wildman–Crippen LogP) is 2.95. The second kappa shape index (κ2) is 11.0. The molecule has 0 spiro atoms. The predicted molar refractivity (Wildman–Crippen MR) is 128 cm³/mol. The molecule has 0 bridgehead atoms. The zero-order valence-corrected chi connectivity index (χ0v) is 18.8. The zero-order chi connectivity index (χ0) is 22.2. The lowest BCUT2D eigenvalue weighted by atomic mass is 10.0. The number of nitrogens with one attached hydrogen (secondary N) is 3. The number of hydrogen-bond donors (Lipinski definition) is 3. The summed E-state index contributed by atoms with van der Waals surface area (Å²) in [5.41, 5.74) is 3.35. The van der Waals surface area contributed by atoms with Crippen LogP contribution in [0.2, 0.25) is 0 Å². The molecule has 1 fully saturated rings. The molecule has 0 aliphatic carbocycles. The van der Waals surface area contributed by atoms with E-state index in [1.54, 1.807) is 7.05 Å². The SMILES string of the molecule is CN=C(NCCOc1ccc2c(c1)CCC(=O)N2)NCC(c1ccccc1)N1CCCC1. The Balaban J connectivity index is 1.24. The van der Waals surface area contributed by atoms with Gasteiger partial charge < -0.3 is 20.7 Å². The van der Waals surface area contributed by atoms with E-state index in [0.29, 0.717) is 25.6 Å². The first kappa shape index (κ1) is 22.1. The average molecular weight is 436 g/mol. The van der Waals surface area contributed by atoms with Crippen LogP contribution in [-0.2, 0) is 11.2 Å². The van der Waals surface area contributed by atoms with Gasteiger partial charge in [-0.25, -0.2) is 0 Å². The summed E-state index contributed by atoms with van der Waals surface area (Å²) in [6.07, 6.45) is 3.82. The van der Waals surface area contributed by atoms with Crippen LogP contribution in [0.1, 0.15) is 36.4 Å². The second-order valence-corrected chi connectivity index (χ2v) is 8.27. The van der Waals surface area contributed by atoms with Gasteiger partial charge in [0.25, 0.3) is 0 Å². The summed E-state index contributed by atoms with van der Waals surface area (Å²) in [4.78, 5) is 18.4. The van der Waals surface area contributed by atoms with Crippen molar-refractivity contribution in [1.82, 2.24) is 15.5 Å². The topological polar surface area (TPSA) is 78.0 Å². The number of carbonyl (C=O) groups excluding carboxylic acids is 1. The number of likely N-dealkylation sites (tertiary alicyclic amines) is 1. The molecule has 3 N–H and O–H groups in total. The quantitative estimate of drug-likeness (QED) is 0.338. The van der Waals surface area contributed by atoms with E-state index in [4.69, 9.17) is 4.74 Å². The molecule has 2 aliphatic heterocycles. The van der Waals surface area contributed by atoms with Crippen LogP contribution in [0, 0.1) is 0 Å². The van der Waals surface area contributed by atoms with Gasteiger partial charge in [0.2, 0.25) is 5.91 Å². The summed E-state index contributed by atoms with van der Waals surface area (Å²) in [7, 11) is 1.79. The van der Waals surface area contributed by atoms with E-state index in [9.17, 15) is 4.79 Å². The first-order valence-corrected chi connectivity index (χ1v) is 11.5. The van der Waals surface area contributed by atoms with Gasteiger partial charge in [0.1, 0.15) is 12.4 Å². The van der Waals surface area contributed by atoms with Gasteiger partial charge in [0.05, 0.1) is 12.6 Å². The Labute approximate surface area is 190 Å². The molecule has 1 saturated heterocycles. The summed E-state index contributed by atoms with van der Waals surface area (Å²) in [6, 6.07) is 16.9. The Bertz CT molecular complexity index is 925. The fourth-order valence-electron chi connectivity index (χ4n) is 4.39. The van der Waals surface area contributed by atoms with E-state index in [1.807, 2.05) is 18.2 Å². The number of ether oxygens (including phenoxy) is 1. The van der Waals surface area contributed by atoms with Gasteiger partial charge in [-0.3, -0.25) is 14.7 Å². The van der Waals surface area contributed by atoms with Crippen LogP contribution >= 0.6 is 0 Å². The van der Waals surface area contributed by atoms with E-state index in [2.05, 4.69) is 56.2 Å². The van der Waals surface area contributed by atoms with E-state index in [-0.39, 0.29) is 5.91 Å². The largest absolute Gasteiger partial charge is 0.492 e. The molecule has 4 rings (SSSR count). The Hall–Kier alpha value is -3.06. The van der Waals surface area contributed by atoms with Gasteiger partial charge in [0, 0.05) is 25.7 Å². The normalized spacial score (nSPS) is 17.4. The molecule has 1 atom stereocenters. The van der Waals surface area contributed by atoms with Crippen LogP contribution in [0.15, 0.2) is 53.5 Å². The highest BCUT2D eigenvalue weighted by molar-refractivity contribution is 5.94. The fourth-order valence-corrected chi connectivity index (χ4v) is 4.39. The van der Waals surface area contributed by atoms with Crippen molar-refractivity contribution < 1.29 is 9.53 Å². The number of nitrogens with zero attached hydrogens (tertiary/aromatic N) is 2. The zero-order valence-electron chi connectivity index (χ0n) is 18.8. The average Bonchev–Trinajstić information content (AvgIpc) is 3.36. The summed E-state index contributed by atoms with van der Waals surface area (Å²) in [5, 5.41) is 9.73. The van der Waals surface area contributed by atoms with Gasteiger partial charge in [-0.2, -0.15) is 0 Å². The summed E-state index contributed by atoms with van der Waals surface area (Å²) in [5.74, 6) is 1.68. The molecular formula is C25H33N5O2. The van der Waals surface area contributed by atoms with Crippen molar-refractivity contribution in [2.45, 2.75) is 31.7 Å². The van der Waals surface area contributed by atoms with Crippen molar-refractivity contribution >= 4 is 17.6 Å². The van der Waals surface area contributed by atoms with Crippen LogP contribution in [0.3, 0.4) is 0 Å². The molecule has 32 heavy (non-hydrogen) atoms. The summed E-state index contributed by atoms with van der Waals surface area (Å²) in [6.45, 7) is 4.27. The molecule has 0 aromatic heterocycles. The molecule has 2 aromatic carbocycles. The van der Waals surface area contributed by atoms with Gasteiger partial charge in [0.15, 0.2) is 5.96 Å². The van der Waals surface area contributed by atoms with Crippen LogP contribution in [-0.4, -0.2) is 56.6 Å². The Morgan fingerprint density at radius 3 is 2.72 bits per heavy atom. The Morgan fingerprint density at radius 1 is 1.12 bits per heavy atom. The molecular weight excluding hydrogens is 402 g/mol. The molecule has 170 valence electrons. The highest BCUT2D eigenvalue weighted by atomic mass is 16.5. The maximum atomic E-state index is 11.5. The number of rotatable bonds is 8. The first-order valence-electron chi connectivity index (χ1n) is 11.5. The third-order valence-corrected chi connectivity index (χ3v) is 6.09. The van der Waals surface area contributed by atoms with Crippen LogP contribution in [0.25, 0.3) is 0 Å². The number of guanidine groups is 1. The molecule has 7 heteroatoms. The van der Waals surface area contributed by atoms with Crippen molar-refractivity contribution in [1.29, 1.82) is 0 Å². The Kier molecular flexibility index (Phi) is 7.61. The van der Waals surface area contributed by atoms with Crippen LogP contribution in [0.4, 0.5) is 5.69 Å². The van der Waals surface area contributed by atoms with Crippen molar-refractivity contribution in [3.05, 3.63) is 59.7 Å². The molecule has 1 amide bonds. The van der Waals surface area contributed by atoms with E-state index < -0.39 is 0 Å². The number of aryl methyl sites for hydroxylation is 1. The van der Waals surface area contributed by atoms with Gasteiger partial charge in [-0.1, -0.05) is 30.3 Å². The summed E-state index contributed by atoms with van der Waals surface area (Å²) >= 11 is 0. The van der Waals surface area contributed by atoms with Crippen molar-refractivity contribution in [3.63, 3.8) is 0 Å². The monoisotopic (exact) mass is 435 g/mol. The van der Waals surface area contributed by atoms with Crippen LogP contribution < -0.4 is 20.7 Å². The molecule has 7 nitrogen and oxygen atoms in total. The first-order chi connectivity index (χ1) is 15.7. The second-order valence-electron chi connectivity index (χ2n) is 8.27. The number of amides is 1. The van der Waals surface area contributed by atoms with Gasteiger partial charge in [-0.05, 0) is 61.7 Å². The maximum Gasteiger partial charge on any atom is 0.224 e. The van der Waals surface area contributed by atoms with Crippen LogP contribution in [0.5, 0.6) is 5.75 Å². The minimum Gasteiger partial charge on any atom is -0.492 e. The van der Waals surface area contributed by atoms with E-state index in [1.165, 1.54) is 18.4 Å². The minimum absolute atomic E-state index is 0.0773. The highest BCUT2D eigenvalue weighted by Crippen LogP contribution is 2.27. The van der Waals surface area contributed by atoms with Gasteiger partial charge >= 0.3 is 0 Å². The number of fused-ring (bicyclic) bond motifs is 1. The van der Waals surface area contributed by atoms with E-state index in [0.717, 1.165) is 49.0 Å². The Morgan fingerprint density at radius 2 is 1.94 bits per heavy atom. The number of hydrogen-bond acceptors (Lipinski definition) is 4.